The molecule has 0 atom stereocenters. The molecule has 0 bridgehead atoms. The molecule has 25 heavy (non-hydrogen) atoms. The standard InChI is InChI=1S/C20H22N2O3/c1-4-25-16-12-9-15(10-13-16)11-14-19(23)21-18-8-6-5-7-17(18)20(24)22(2)3/h5-14H,4H2,1-3H3,(H,21,23)/b14-11+. The number of anilines is 1. The average molecular weight is 338 g/mol. The topological polar surface area (TPSA) is 58.6 Å². The number of carbonyl (C=O) groups excluding carboxylic acids is 2. The number of benzene rings is 2. The predicted octanol–water partition coefficient (Wildman–Crippen LogP) is 3.44. The first-order valence-corrected chi connectivity index (χ1v) is 8.04. The zero-order valence-electron chi connectivity index (χ0n) is 14.7. The number of nitrogens with one attached hydrogen (secondary N) is 1. The number of amides is 2. The van der Waals surface area contributed by atoms with E-state index in [0.717, 1.165) is 11.3 Å². The summed E-state index contributed by atoms with van der Waals surface area (Å²) in [5.74, 6) is 0.333. The highest BCUT2D eigenvalue weighted by Gasteiger charge is 2.13. The highest BCUT2D eigenvalue weighted by molar-refractivity contribution is 6.07. The van der Waals surface area contributed by atoms with Crippen LogP contribution in [0.5, 0.6) is 5.75 Å². The van der Waals surface area contributed by atoms with Crippen molar-refractivity contribution in [2.45, 2.75) is 6.92 Å². The summed E-state index contributed by atoms with van der Waals surface area (Å²) in [7, 11) is 3.35. The Labute approximate surface area is 147 Å². The van der Waals surface area contributed by atoms with Gasteiger partial charge < -0.3 is 15.0 Å². The molecule has 0 aliphatic heterocycles. The molecule has 1 N–H and O–H groups in total. The first-order chi connectivity index (χ1) is 12.0. The van der Waals surface area contributed by atoms with Crippen LogP contribution in [0.3, 0.4) is 0 Å². The lowest BCUT2D eigenvalue weighted by Gasteiger charge is -2.14. The number of para-hydroxylation sites is 1. The van der Waals surface area contributed by atoms with Gasteiger partial charge in [-0.15, -0.1) is 0 Å². The lowest BCUT2D eigenvalue weighted by molar-refractivity contribution is -0.111. The molecule has 0 aliphatic carbocycles. The van der Waals surface area contributed by atoms with Gasteiger partial charge in [-0.05, 0) is 42.8 Å². The maximum atomic E-state index is 12.2. The van der Waals surface area contributed by atoms with Gasteiger partial charge in [0.05, 0.1) is 17.9 Å². The maximum absolute atomic E-state index is 12.2. The van der Waals surface area contributed by atoms with Gasteiger partial charge in [0.2, 0.25) is 5.91 Å². The quantitative estimate of drug-likeness (QED) is 0.821. The Balaban J connectivity index is 2.06. The van der Waals surface area contributed by atoms with Crippen molar-refractivity contribution in [3.05, 3.63) is 65.7 Å². The third-order valence-corrected chi connectivity index (χ3v) is 3.44. The number of nitrogens with zero attached hydrogens (tertiary/aromatic N) is 1. The molecule has 0 saturated carbocycles. The molecule has 2 amide bonds. The van der Waals surface area contributed by atoms with E-state index in [1.165, 1.54) is 11.0 Å². The van der Waals surface area contributed by atoms with Gasteiger partial charge in [-0.1, -0.05) is 24.3 Å². The summed E-state index contributed by atoms with van der Waals surface area (Å²) in [6.45, 7) is 2.54. The van der Waals surface area contributed by atoms with Crippen molar-refractivity contribution in [3.8, 4) is 5.75 Å². The van der Waals surface area contributed by atoms with Crippen molar-refractivity contribution >= 4 is 23.6 Å². The largest absolute Gasteiger partial charge is 0.494 e. The van der Waals surface area contributed by atoms with Crippen molar-refractivity contribution in [2.75, 3.05) is 26.0 Å². The Kier molecular flexibility index (Phi) is 6.34. The molecule has 0 heterocycles. The van der Waals surface area contributed by atoms with Crippen LogP contribution in [-0.4, -0.2) is 37.4 Å². The van der Waals surface area contributed by atoms with Crippen LogP contribution >= 0.6 is 0 Å². The zero-order valence-corrected chi connectivity index (χ0v) is 14.7. The van der Waals surface area contributed by atoms with Gasteiger partial charge in [0.1, 0.15) is 5.75 Å². The molecule has 0 unspecified atom stereocenters. The van der Waals surface area contributed by atoms with Crippen LogP contribution in [-0.2, 0) is 4.79 Å². The molecule has 0 fully saturated rings. The van der Waals surface area contributed by atoms with E-state index in [9.17, 15) is 9.59 Å². The van der Waals surface area contributed by atoms with Crippen LogP contribution in [0.15, 0.2) is 54.6 Å². The lowest BCUT2D eigenvalue weighted by atomic mass is 10.1. The van der Waals surface area contributed by atoms with Crippen LogP contribution < -0.4 is 10.1 Å². The third-order valence-electron chi connectivity index (χ3n) is 3.44. The molecule has 130 valence electrons. The van der Waals surface area contributed by atoms with Crippen LogP contribution in [0.4, 0.5) is 5.69 Å². The number of hydrogen-bond acceptors (Lipinski definition) is 3. The second-order valence-corrected chi connectivity index (χ2v) is 5.57. The molecule has 5 nitrogen and oxygen atoms in total. The Morgan fingerprint density at radius 1 is 1.08 bits per heavy atom. The molecule has 2 aromatic carbocycles. The molecular formula is C20H22N2O3. The van der Waals surface area contributed by atoms with Gasteiger partial charge in [-0.25, -0.2) is 0 Å². The summed E-state index contributed by atoms with van der Waals surface area (Å²) in [6, 6.07) is 14.4. The van der Waals surface area contributed by atoms with E-state index in [2.05, 4.69) is 5.32 Å². The second kappa shape index (κ2) is 8.68. The summed E-state index contributed by atoms with van der Waals surface area (Å²) in [4.78, 5) is 25.8. The summed E-state index contributed by atoms with van der Waals surface area (Å²) in [5, 5.41) is 2.75. The molecule has 0 aromatic heterocycles. The summed E-state index contributed by atoms with van der Waals surface area (Å²) >= 11 is 0. The fraction of sp³-hybridized carbons (Fsp3) is 0.200. The molecule has 2 aromatic rings. The van der Waals surface area contributed by atoms with Gasteiger partial charge >= 0.3 is 0 Å². The Bertz CT molecular complexity index is 765. The van der Waals surface area contributed by atoms with Gasteiger partial charge in [-0.2, -0.15) is 0 Å². The monoisotopic (exact) mass is 338 g/mol. The fourth-order valence-electron chi connectivity index (χ4n) is 2.21. The Hall–Kier alpha value is -3.08. The minimum absolute atomic E-state index is 0.161. The highest BCUT2D eigenvalue weighted by atomic mass is 16.5. The number of carbonyl (C=O) groups is 2. The maximum Gasteiger partial charge on any atom is 0.255 e. The minimum Gasteiger partial charge on any atom is -0.494 e. The minimum atomic E-state index is -0.298. The van der Waals surface area contributed by atoms with Crippen molar-refractivity contribution in [1.82, 2.24) is 4.90 Å². The van der Waals surface area contributed by atoms with Crippen LogP contribution in [0.1, 0.15) is 22.8 Å². The first kappa shape index (κ1) is 18.3. The van der Waals surface area contributed by atoms with Gasteiger partial charge in [-0.3, -0.25) is 9.59 Å². The number of hydrogen-bond donors (Lipinski definition) is 1. The second-order valence-electron chi connectivity index (χ2n) is 5.57. The summed E-state index contributed by atoms with van der Waals surface area (Å²) in [5.41, 5.74) is 1.83. The molecular weight excluding hydrogens is 316 g/mol. The highest BCUT2D eigenvalue weighted by Crippen LogP contribution is 2.17. The molecule has 0 spiro atoms. The summed E-state index contributed by atoms with van der Waals surface area (Å²) in [6.07, 6.45) is 3.15. The fourth-order valence-corrected chi connectivity index (χ4v) is 2.21. The number of ether oxygens (including phenoxy) is 1. The predicted molar refractivity (Wildman–Crippen MR) is 99.7 cm³/mol. The van der Waals surface area contributed by atoms with Crippen molar-refractivity contribution in [1.29, 1.82) is 0 Å². The Morgan fingerprint density at radius 2 is 1.76 bits per heavy atom. The van der Waals surface area contributed by atoms with Crippen LogP contribution in [0, 0.1) is 0 Å². The summed E-state index contributed by atoms with van der Waals surface area (Å²) < 4.78 is 5.38. The SMILES string of the molecule is CCOc1ccc(/C=C/C(=O)Nc2ccccc2C(=O)N(C)C)cc1. The van der Waals surface area contributed by atoms with E-state index < -0.39 is 0 Å². The average Bonchev–Trinajstić information content (AvgIpc) is 2.61. The van der Waals surface area contributed by atoms with Crippen LogP contribution in [0.25, 0.3) is 6.08 Å². The van der Waals surface area contributed by atoms with Crippen molar-refractivity contribution in [3.63, 3.8) is 0 Å². The van der Waals surface area contributed by atoms with E-state index in [1.54, 1.807) is 44.4 Å². The van der Waals surface area contributed by atoms with Crippen LogP contribution in [0.2, 0.25) is 0 Å². The van der Waals surface area contributed by atoms with E-state index in [1.807, 2.05) is 31.2 Å². The van der Waals surface area contributed by atoms with E-state index in [-0.39, 0.29) is 11.8 Å². The molecule has 0 aliphatic rings. The van der Waals surface area contributed by atoms with E-state index in [4.69, 9.17) is 4.74 Å². The zero-order chi connectivity index (χ0) is 18.2. The lowest BCUT2D eigenvalue weighted by Crippen LogP contribution is -2.23. The molecule has 0 radical (unpaired) electrons. The van der Waals surface area contributed by atoms with E-state index >= 15 is 0 Å². The molecule has 2 rings (SSSR count). The number of rotatable bonds is 6. The molecule has 0 saturated heterocycles. The van der Waals surface area contributed by atoms with Crippen molar-refractivity contribution in [2.24, 2.45) is 0 Å². The smallest absolute Gasteiger partial charge is 0.255 e. The van der Waals surface area contributed by atoms with Crippen molar-refractivity contribution < 1.29 is 14.3 Å². The third kappa shape index (κ3) is 5.21. The molecule has 5 heteroatoms. The normalized spacial score (nSPS) is 10.5. The Morgan fingerprint density at radius 3 is 2.40 bits per heavy atom. The first-order valence-electron chi connectivity index (χ1n) is 8.04. The van der Waals surface area contributed by atoms with E-state index in [0.29, 0.717) is 17.9 Å². The van der Waals surface area contributed by atoms with Gasteiger partial charge in [0.25, 0.3) is 5.91 Å². The van der Waals surface area contributed by atoms with Gasteiger partial charge in [0, 0.05) is 20.2 Å². The van der Waals surface area contributed by atoms with Gasteiger partial charge in [0.15, 0.2) is 0 Å².